The zero-order valence-electron chi connectivity index (χ0n) is 11.1. The molecule has 1 aromatic rings. The minimum atomic E-state index is 0.0404. The number of ether oxygens (including phenoxy) is 1. The van der Waals surface area contributed by atoms with Crippen LogP contribution in [0.2, 0.25) is 0 Å². The highest BCUT2D eigenvalue weighted by Crippen LogP contribution is 2.24. The van der Waals surface area contributed by atoms with Crippen LogP contribution < -0.4 is 5.32 Å². The molecule has 94 valence electrons. The summed E-state index contributed by atoms with van der Waals surface area (Å²) in [4.78, 5) is 0. The molecular formula is C15H23NO. The summed E-state index contributed by atoms with van der Waals surface area (Å²) in [5.74, 6) is 0. The maximum absolute atomic E-state index is 5.88. The van der Waals surface area contributed by atoms with E-state index in [0.717, 1.165) is 12.1 Å². The van der Waals surface area contributed by atoms with Crippen molar-refractivity contribution in [2.45, 2.75) is 32.9 Å². The van der Waals surface area contributed by atoms with Crippen molar-refractivity contribution < 1.29 is 4.74 Å². The van der Waals surface area contributed by atoms with Crippen molar-refractivity contribution in [2.75, 3.05) is 13.2 Å². The summed E-state index contributed by atoms with van der Waals surface area (Å²) in [5, 5.41) is 3.44. The minimum Gasteiger partial charge on any atom is -0.372 e. The second kappa shape index (κ2) is 7.25. The van der Waals surface area contributed by atoms with Crippen molar-refractivity contribution in [2.24, 2.45) is 0 Å². The van der Waals surface area contributed by atoms with Crippen LogP contribution in [0.4, 0.5) is 0 Å². The van der Waals surface area contributed by atoms with E-state index in [-0.39, 0.29) is 12.1 Å². The van der Waals surface area contributed by atoms with Crippen molar-refractivity contribution in [3.8, 4) is 0 Å². The summed E-state index contributed by atoms with van der Waals surface area (Å²) in [5.41, 5.74) is 2.30. The van der Waals surface area contributed by atoms with Crippen LogP contribution >= 0.6 is 0 Å². The number of benzene rings is 1. The van der Waals surface area contributed by atoms with E-state index in [1.165, 1.54) is 5.56 Å². The van der Waals surface area contributed by atoms with Gasteiger partial charge in [-0.3, -0.25) is 0 Å². The van der Waals surface area contributed by atoms with E-state index in [2.05, 4.69) is 31.0 Å². The summed E-state index contributed by atoms with van der Waals surface area (Å²) in [7, 11) is 0. The summed E-state index contributed by atoms with van der Waals surface area (Å²) >= 11 is 0. The van der Waals surface area contributed by atoms with E-state index in [4.69, 9.17) is 4.74 Å². The molecule has 0 amide bonds. The zero-order valence-corrected chi connectivity index (χ0v) is 11.1. The van der Waals surface area contributed by atoms with Crippen LogP contribution in [-0.2, 0) is 4.74 Å². The van der Waals surface area contributed by atoms with Crippen molar-refractivity contribution in [3.63, 3.8) is 0 Å². The molecular weight excluding hydrogens is 210 g/mol. The Morgan fingerprint density at radius 1 is 1.29 bits per heavy atom. The first kappa shape index (κ1) is 13.9. The molecule has 0 fully saturated rings. The van der Waals surface area contributed by atoms with Crippen LogP contribution in [0.5, 0.6) is 0 Å². The van der Waals surface area contributed by atoms with Gasteiger partial charge in [-0.15, -0.1) is 0 Å². The van der Waals surface area contributed by atoms with Gasteiger partial charge in [0, 0.05) is 6.61 Å². The molecule has 2 unspecified atom stereocenters. The van der Waals surface area contributed by atoms with E-state index in [1.54, 1.807) is 0 Å². The molecule has 0 aromatic heterocycles. The third-order valence-electron chi connectivity index (χ3n) is 2.73. The highest BCUT2D eigenvalue weighted by atomic mass is 16.5. The fraction of sp³-hybridized carbons (Fsp3) is 0.467. The lowest BCUT2D eigenvalue weighted by molar-refractivity contribution is 0.0428. The first-order valence-electron chi connectivity index (χ1n) is 6.26. The molecule has 2 nitrogen and oxygen atoms in total. The third kappa shape index (κ3) is 3.99. The Morgan fingerprint density at radius 3 is 2.41 bits per heavy atom. The van der Waals surface area contributed by atoms with Crippen molar-refractivity contribution in [3.05, 3.63) is 48.0 Å². The highest BCUT2D eigenvalue weighted by molar-refractivity contribution is 5.23. The Bertz CT molecular complexity index is 334. The lowest BCUT2D eigenvalue weighted by Crippen LogP contribution is -2.37. The van der Waals surface area contributed by atoms with Gasteiger partial charge < -0.3 is 10.1 Å². The zero-order chi connectivity index (χ0) is 12.7. The maximum atomic E-state index is 5.88. The molecule has 1 N–H and O–H groups in total. The van der Waals surface area contributed by atoms with Crippen LogP contribution in [-0.4, -0.2) is 19.2 Å². The third-order valence-corrected chi connectivity index (χ3v) is 2.73. The van der Waals surface area contributed by atoms with Crippen molar-refractivity contribution in [1.29, 1.82) is 0 Å². The van der Waals surface area contributed by atoms with Crippen molar-refractivity contribution >= 4 is 0 Å². The lowest BCUT2D eigenvalue weighted by atomic mass is 9.97. The second-order valence-electron chi connectivity index (χ2n) is 4.17. The molecule has 2 heteroatoms. The Kier molecular flexibility index (Phi) is 5.95. The predicted octanol–water partition coefficient (Wildman–Crippen LogP) is 3.32. The summed E-state index contributed by atoms with van der Waals surface area (Å²) in [6.07, 6.45) is 0.0404. The molecule has 0 saturated carbocycles. The highest BCUT2D eigenvalue weighted by Gasteiger charge is 2.23. The topological polar surface area (TPSA) is 21.3 Å². The summed E-state index contributed by atoms with van der Waals surface area (Å²) in [6.45, 7) is 11.8. The van der Waals surface area contributed by atoms with E-state index < -0.39 is 0 Å². The Balaban J connectivity index is 2.93. The van der Waals surface area contributed by atoms with Gasteiger partial charge in [0.05, 0.1) is 6.04 Å². The van der Waals surface area contributed by atoms with Crippen LogP contribution in [0.15, 0.2) is 42.5 Å². The molecule has 0 radical (unpaired) electrons. The summed E-state index contributed by atoms with van der Waals surface area (Å²) in [6, 6.07) is 10.5. The van der Waals surface area contributed by atoms with Gasteiger partial charge in [0.1, 0.15) is 6.10 Å². The van der Waals surface area contributed by atoms with Crippen LogP contribution in [0.25, 0.3) is 0 Å². The first-order valence-corrected chi connectivity index (χ1v) is 6.26. The molecule has 0 aliphatic rings. The van der Waals surface area contributed by atoms with E-state index in [1.807, 2.05) is 32.0 Å². The quantitative estimate of drug-likeness (QED) is 0.729. The van der Waals surface area contributed by atoms with Gasteiger partial charge in [-0.25, -0.2) is 0 Å². The molecule has 17 heavy (non-hydrogen) atoms. The molecule has 0 saturated heterocycles. The number of hydrogen-bond acceptors (Lipinski definition) is 2. The van der Waals surface area contributed by atoms with Gasteiger partial charge in [-0.1, -0.05) is 49.4 Å². The monoisotopic (exact) mass is 233 g/mol. The second-order valence-corrected chi connectivity index (χ2v) is 4.17. The first-order chi connectivity index (χ1) is 8.20. The van der Waals surface area contributed by atoms with Gasteiger partial charge in [0.2, 0.25) is 0 Å². The van der Waals surface area contributed by atoms with E-state index in [9.17, 15) is 0 Å². The number of rotatable bonds is 7. The average Bonchev–Trinajstić information content (AvgIpc) is 2.34. The summed E-state index contributed by atoms with van der Waals surface area (Å²) < 4.78 is 5.88. The molecule has 1 rings (SSSR count). The molecule has 0 aliphatic heterocycles. The van der Waals surface area contributed by atoms with Crippen LogP contribution in [0.1, 0.15) is 32.4 Å². The van der Waals surface area contributed by atoms with Gasteiger partial charge in [-0.05, 0) is 26.0 Å². The number of hydrogen-bond donors (Lipinski definition) is 1. The van der Waals surface area contributed by atoms with Gasteiger partial charge >= 0.3 is 0 Å². The lowest BCUT2D eigenvalue weighted by Gasteiger charge is -2.28. The molecule has 1 aromatic carbocycles. The number of nitrogens with one attached hydrogen (secondary N) is 1. The van der Waals surface area contributed by atoms with Gasteiger partial charge in [0.25, 0.3) is 0 Å². The molecule has 0 aliphatic carbocycles. The predicted molar refractivity (Wildman–Crippen MR) is 73.1 cm³/mol. The smallest absolute Gasteiger partial charge is 0.102 e. The fourth-order valence-electron chi connectivity index (χ4n) is 1.97. The molecule has 0 spiro atoms. The maximum Gasteiger partial charge on any atom is 0.102 e. The largest absolute Gasteiger partial charge is 0.372 e. The van der Waals surface area contributed by atoms with Crippen LogP contribution in [0, 0.1) is 0 Å². The Morgan fingerprint density at radius 2 is 1.94 bits per heavy atom. The molecule has 2 atom stereocenters. The minimum absolute atomic E-state index is 0.0404. The van der Waals surface area contributed by atoms with E-state index in [0.29, 0.717) is 6.61 Å². The van der Waals surface area contributed by atoms with Gasteiger partial charge in [-0.2, -0.15) is 0 Å². The van der Waals surface area contributed by atoms with E-state index >= 15 is 0 Å². The molecule has 0 heterocycles. The number of likely N-dealkylation sites (N-methyl/N-ethyl adjacent to an activating group) is 1. The molecule has 0 bridgehead atoms. The standard InChI is InChI=1S/C15H23NO/c1-5-16-14(12(3)4)15(17-6-2)13-10-8-7-9-11-13/h7-11,14-16H,3,5-6H2,1-2,4H3. The van der Waals surface area contributed by atoms with Crippen molar-refractivity contribution in [1.82, 2.24) is 5.32 Å². The average molecular weight is 233 g/mol. The Hall–Kier alpha value is -1.12. The van der Waals surface area contributed by atoms with Crippen LogP contribution in [0.3, 0.4) is 0 Å². The fourth-order valence-corrected chi connectivity index (χ4v) is 1.97. The Labute approximate surface area is 105 Å². The SMILES string of the molecule is C=C(C)C(NCC)C(OCC)c1ccccc1. The van der Waals surface area contributed by atoms with Gasteiger partial charge in [0.15, 0.2) is 0 Å². The normalized spacial score (nSPS) is 14.3.